The van der Waals surface area contributed by atoms with E-state index >= 15 is 0 Å². The van der Waals surface area contributed by atoms with Crippen molar-refractivity contribution in [2.75, 3.05) is 5.32 Å². The SMILES string of the molecule is CCC1C(=O)N=C(n2nc(C3CC3)cc2NC(=O)CCC2CCCC2)N=C1C. The third kappa shape index (κ3) is 4.08. The number of carbonyl (C=O) groups is 2. The number of hydrogen-bond acceptors (Lipinski definition) is 4. The van der Waals surface area contributed by atoms with E-state index in [1.54, 1.807) is 0 Å². The van der Waals surface area contributed by atoms with Crippen LogP contribution in [-0.4, -0.2) is 33.3 Å². The van der Waals surface area contributed by atoms with E-state index in [0.717, 1.165) is 30.7 Å². The highest BCUT2D eigenvalue weighted by atomic mass is 16.2. The summed E-state index contributed by atoms with van der Waals surface area (Å²) in [6.45, 7) is 3.81. The van der Waals surface area contributed by atoms with Crippen LogP contribution in [0.25, 0.3) is 0 Å². The molecule has 2 saturated carbocycles. The van der Waals surface area contributed by atoms with Gasteiger partial charge in [-0.15, -0.1) is 0 Å². The molecule has 0 bridgehead atoms. The molecule has 28 heavy (non-hydrogen) atoms. The molecule has 0 radical (unpaired) electrons. The van der Waals surface area contributed by atoms with Crippen LogP contribution in [0.4, 0.5) is 5.82 Å². The van der Waals surface area contributed by atoms with Gasteiger partial charge < -0.3 is 5.32 Å². The van der Waals surface area contributed by atoms with Crippen molar-refractivity contribution in [2.24, 2.45) is 21.8 Å². The summed E-state index contributed by atoms with van der Waals surface area (Å²) in [5.41, 5.74) is 1.69. The second-order valence-electron chi connectivity index (χ2n) is 8.34. The average molecular weight is 383 g/mol. The molecular weight excluding hydrogens is 354 g/mol. The minimum atomic E-state index is -0.258. The molecule has 1 atom stereocenters. The Hall–Kier alpha value is -2.31. The predicted molar refractivity (Wildman–Crippen MR) is 109 cm³/mol. The number of nitrogens with zero attached hydrogens (tertiary/aromatic N) is 4. The molecule has 1 aromatic rings. The number of aliphatic imine (C=N–C) groups is 2. The fraction of sp³-hybridized carbons (Fsp3) is 0.667. The van der Waals surface area contributed by atoms with Gasteiger partial charge in [0.1, 0.15) is 5.82 Å². The van der Waals surface area contributed by atoms with Gasteiger partial charge in [0.25, 0.3) is 11.9 Å². The summed E-state index contributed by atoms with van der Waals surface area (Å²) in [7, 11) is 0. The van der Waals surface area contributed by atoms with Crippen molar-refractivity contribution in [1.82, 2.24) is 9.78 Å². The van der Waals surface area contributed by atoms with Gasteiger partial charge in [0, 0.05) is 24.1 Å². The van der Waals surface area contributed by atoms with Gasteiger partial charge in [-0.2, -0.15) is 14.8 Å². The predicted octanol–water partition coefficient (Wildman–Crippen LogP) is 3.90. The Bertz CT molecular complexity index is 828. The first-order valence-electron chi connectivity index (χ1n) is 10.6. The van der Waals surface area contributed by atoms with Gasteiger partial charge in [-0.3, -0.25) is 9.59 Å². The number of nitrogens with one attached hydrogen (secondary N) is 1. The van der Waals surface area contributed by atoms with E-state index in [2.05, 4.69) is 20.4 Å². The highest BCUT2D eigenvalue weighted by Gasteiger charge is 2.31. The standard InChI is InChI=1S/C21H29N5O2/c1-3-16-13(2)22-21(24-20(16)28)26-18(12-17(25-26)15-9-10-15)23-19(27)11-8-14-6-4-5-7-14/h12,14-16H,3-11H2,1-2H3,(H,23,27). The van der Waals surface area contributed by atoms with Crippen LogP contribution in [0.5, 0.6) is 0 Å². The van der Waals surface area contributed by atoms with E-state index < -0.39 is 0 Å². The number of carbonyl (C=O) groups excluding carboxylic acids is 2. The van der Waals surface area contributed by atoms with E-state index in [9.17, 15) is 9.59 Å². The smallest absolute Gasteiger partial charge is 0.257 e. The Kier molecular flexibility index (Phi) is 5.42. The molecular formula is C21H29N5O2. The summed E-state index contributed by atoms with van der Waals surface area (Å²) in [6.07, 6.45) is 9.40. The molecule has 0 aromatic carbocycles. The number of anilines is 1. The van der Waals surface area contributed by atoms with Crippen LogP contribution >= 0.6 is 0 Å². The van der Waals surface area contributed by atoms with Crippen molar-refractivity contribution in [3.8, 4) is 0 Å². The summed E-state index contributed by atoms with van der Waals surface area (Å²) in [5, 5.41) is 7.61. The lowest BCUT2D eigenvalue weighted by atomic mass is 10.00. The van der Waals surface area contributed by atoms with Crippen molar-refractivity contribution in [1.29, 1.82) is 0 Å². The zero-order valence-corrected chi connectivity index (χ0v) is 16.8. The van der Waals surface area contributed by atoms with Crippen molar-refractivity contribution < 1.29 is 9.59 Å². The largest absolute Gasteiger partial charge is 0.310 e. The van der Waals surface area contributed by atoms with Crippen molar-refractivity contribution >= 4 is 29.3 Å². The second kappa shape index (κ2) is 7.97. The molecule has 0 spiro atoms. The normalized spacial score (nSPS) is 22.9. The third-order valence-corrected chi connectivity index (χ3v) is 6.13. The molecule has 2 aliphatic carbocycles. The van der Waals surface area contributed by atoms with E-state index in [1.807, 2.05) is 19.9 Å². The maximum absolute atomic E-state index is 12.5. The number of rotatable bonds is 6. The van der Waals surface area contributed by atoms with Gasteiger partial charge >= 0.3 is 0 Å². The van der Waals surface area contributed by atoms with Crippen molar-refractivity contribution in [3.05, 3.63) is 11.8 Å². The molecule has 150 valence electrons. The fourth-order valence-electron chi connectivity index (χ4n) is 4.24. The lowest BCUT2D eigenvalue weighted by Crippen LogP contribution is -2.30. The highest BCUT2D eigenvalue weighted by Crippen LogP contribution is 2.40. The Morgan fingerprint density at radius 3 is 2.61 bits per heavy atom. The molecule has 0 saturated heterocycles. The van der Waals surface area contributed by atoms with Crippen LogP contribution in [0.1, 0.15) is 83.2 Å². The van der Waals surface area contributed by atoms with Gasteiger partial charge in [-0.25, -0.2) is 4.99 Å². The Labute approximate surface area is 165 Å². The molecule has 2 heterocycles. The first-order valence-corrected chi connectivity index (χ1v) is 10.6. The quantitative estimate of drug-likeness (QED) is 0.808. The van der Waals surface area contributed by atoms with Gasteiger partial charge in [0.2, 0.25) is 5.91 Å². The minimum Gasteiger partial charge on any atom is -0.310 e. The van der Waals surface area contributed by atoms with Crippen molar-refractivity contribution in [3.63, 3.8) is 0 Å². The topological polar surface area (TPSA) is 88.7 Å². The highest BCUT2D eigenvalue weighted by molar-refractivity contribution is 6.15. The first kappa shape index (κ1) is 19.0. The van der Waals surface area contributed by atoms with Gasteiger partial charge in [-0.05, 0) is 38.5 Å². The number of amides is 2. The first-order chi connectivity index (χ1) is 13.5. The molecule has 2 amide bonds. The zero-order chi connectivity index (χ0) is 19.7. The summed E-state index contributed by atoms with van der Waals surface area (Å²) in [6, 6.07) is 1.91. The fourth-order valence-corrected chi connectivity index (χ4v) is 4.24. The van der Waals surface area contributed by atoms with Crippen LogP contribution in [-0.2, 0) is 9.59 Å². The molecule has 7 heteroatoms. The minimum absolute atomic E-state index is 0.00901. The second-order valence-corrected chi connectivity index (χ2v) is 8.34. The van der Waals surface area contributed by atoms with Crippen LogP contribution in [0.2, 0.25) is 0 Å². The summed E-state index contributed by atoms with van der Waals surface area (Å²) in [5.74, 6) is 1.48. The van der Waals surface area contributed by atoms with Gasteiger partial charge in [-0.1, -0.05) is 32.6 Å². The van der Waals surface area contributed by atoms with Crippen molar-refractivity contribution in [2.45, 2.75) is 77.6 Å². The van der Waals surface area contributed by atoms with Crippen LogP contribution in [0.15, 0.2) is 16.1 Å². The molecule has 2 fully saturated rings. The van der Waals surface area contributed by atoms with E-state index in [0.29, 0.717) is 30.5 Å². The third-order valence-electron chi connectivity index (χ3n) is 6.13. The molecule has 1 unspecified atom stereocenters. The molecule has 1 aromatic heterocycles. The molecule has 4 rings (SSSR count). The lowest BCUT2D eigenvalue weighted by molar-refractivity contribution is -0.120. The molecule has 1 aliphatic heterocycles. The average Bonchev–Trinajstić information content (AvgIpc) is 3.22. The molecule has 3 aliphatic rings. The van der Waals surface area contributed by atoms with E-state index in [1.165, 1.54) is 30.4 Å². The van der Waals surface area contributed by atoms with Crippen LogP contribution in [0.3, 0.4) is 0 Å². The molecule has 7 nitrogen and oxygen atoms in total. The number of hydrogen-bond donors (Lipinski definition) is 1. The number of aromatic nitrogens is 2. The monoisotopic (exact) mass is 383 g/mol. The van der Waals surface area contributed by atoms with E-state index in [-0.39, 0.29) is 23.7 Å². The van der Waals surface area contributed by atoms with Crippen LogP contribution in [0, 0.1) is 11.8 Å². The van der Waals surface area contributed by atoms with Gasteiger partial charge in [0.05, 0.1) is 11.6 Å². The summed E-state index contributed by atoms with van der Waals surface area (Å²) in [4.78, 5) is 33.6. The summed E-state index contributed by atoms with van der Waals surface area (Å²) >= 11 is 0. The summed E-state index contributed by atoms with van der Waals surface area (Å²) < 4.78 is 1.54. The lowest BCUT2D eigenvalue weighted by Gasteiger charge is -2.17. The Balaban J connectivity index is 1.52. The maximum Gasteiger partial charge on any atom is 0.257 e. The van der Waals surface area contributed by atoms with Gasteiger partial charge in [0.15, 0.2) is 0 Å². The zero-order valence-electron chi connectivity index (χ0n) is 16.8. The Morgan fingerprint density at radius 1 is 1.21 bits per heavy atom. The Morgan fingerprint density at radius 2 is 1.96 bits per heavy atom. The molecule has 1 N–H and O–H groups in total. The maximum atomic E-state index is 12.5. The van der Waals surface area contributed by atoms with E-state index in [4.69, 9.17) is 0 Å². The van der Waals surface area contributed by atoms with Crippen LogP contribution < -0.4 is 5.32 Å².